The van der Waals surface area contributed by atoms with Crippen LogP contribution < -0.4 is 5.32 Å². The van der Waals surface area contributed by atoms with Gasteiger partial charge in [0.2, 0.25) is 0 Å². The molecule has 1 heterocycles. The van der Waals surface area contributed by atoms with Crippen LogP contribution in [0.3, 0.4) is 0 Å². The van der Waals surface area contributed by atoms with E-state index in [9.17, 15) is 0 Å². The highest BCUT2D eigenvalue weighted by molar-refractivity contribution is 7.09. The van der Waals surface area contributed by atoms with Gasteiger partial charge < -0.3 is 5.32 Å². The highest BCUT2D eigenvalue weighted by Crippen LogP contribution is 2.17. The number of rotatable bonds is 4. The first kappa shape index (κ1) is 10.7. The normalized spacial score (nSPS) is 15.7. The number of nitrogens with zero attached hydrogens (tertiary/aromatic N) is 1. The van der Waals surface area contributed by atoms with E-state index in [0.717, 1.165) is 12.1 Å². The molecule has 0 spiro atoms. The van der Waals surface area contributed by atoms with Crippen LogP contribution in [-0.4, -0.2) is 11.0 Å². The molecule has 2 unspecified atom stereocenters. The molecule has 0 bridgehead atoms. The first-order valence-electron chi connectivity index (χ1n) is 4.81. The topological polar surface area (TPSA) is 24.9 Å². The van der Waals surface area contributed by atoms with E-state index >= 15 is 0 Å². The maximum absolute atomic E-state index is 4.45. The lowest BCUT2D eigenvalue weighted by atomic mass is 10.2. The summed E-state index contributed by atoms with van der Waals surface area (Å²) in [6.45, 7) is 8.61. The van der Waals surface area contributed by atoms with Gasteiger partial charge in [-0.2, -0.15) is 0 Å². The van der Waals surface area contributed by atoms with Crippen LogP contribution in [0.4, 0.5) is 0 Å². The molecule has 0 aromatic carbocycles. The van der Waals surface area contributed by atoms with Gasteiger partial charge in [0, 0.05) is 17.1 Å². The number of aryl methyl sites for hydroxylation is 1. The molecular formula is C10H18N2S. The summed E-state index contributed by atoms with van der Waals surface area (Å²) in [7, 11) is 0. The lowest BCUT2D eigenvalue weighted by Crippen LogP contribution is -2.28. The zero-order valence-corrected chi connectivity index (χ0v) is 9.61. The number of aromatic nitrogens is 1. The van der Waals surface area contributed by atoms with E-state index in [1.165, 1.54) is 5.01 Å². The second-order valence-electron chi connectivity index (χ2n) is 3.52. The van der Waals surface area contributed by atoms with Gasteiger partial charge >= 0.3 is 0 Å². The van der Waals surface area contributed by atoms with E-state index in [1.54, 1.807) is 11.3 Å². The van der Waals surface area contributed by atoms with Crippen LogP contribution >= 0.6 is 11.3 Å². The summed E-state index contributed by atoms with van der Waals surface area (Å²) in [6.07, 6.45) is 1.16. The molecule has 3 heteroatoms. The Labute approximate surface area is 84.4 Å². The van der Waals surface area contributed by atoms with Gasteiger partial charge in [-0.15, -0.1) is 11.3 Å². The van der Waals surface area contributed by atoms with Crippen molar-refractivity contribution in [3.8, 4) is 0 Å². The Morgan fingerprint density at radius 1 is 1.54 bits per heavy atom. The summed E-state index contributed by atoms with van der Waals surface area (Å²) < 4.78 is 0. The molecule has 74 valence electrons. The number of hydrogen-bond donors (Lipinski definition) is 1. The minimum Gasteiger partial charge on any atom is -0.306 e. The summed E-state index contributed by atoms with van der Waals surface area (Å²) in [6, 6.07) is 0.952. The molecule has 0 saturated carbocycles. The summed E-state index contributed by atoms with van der Waals surface area (Å²) in [5.41, 5.74) is 1.12. The fourth-order valence-corrected chi connectivity index (χ4v) is 2.00. The number of nitrogens with one attached hydrogen (secondary N) is 1. The monoisotopic (exact) mass is 198 g/mol. The van der Waals surface area contributed by atoms with Crippen LogP contribution in [0.25, 0.3) is 0 Å². The number of thiazole rings is 1. The lowest BCUT2D eigenvalue weighted by Gasteiger charge is -2.16. The van der Waals surface area contributed by atoms with Crippen molar-refractivity contribution < 1.29 is 0 Å². The first-order valence-corrected chi connectivity index (χ1v) is 5.69. The van der Waals surface area contributed by atoms with Gasteiger partial charge in [-0.25, -0.2) is 4.98 Å². The second kappa shape index (κ2) is 4.72. The Kier molecular flexibility index (Phi) is 3.88. The Bertz CT molecular complexity index is 257. The Hall–Kier alpha value is -0.410. The molecule has 0 saturated heterocycles. The first-order chi connectivity index (χ1) is 6.13. The smallest absolute Gasteiger partial charge is 0.110 e. The molecular weight excluding hydrogens is 180 g/mol. The minimum absolute atomic E-state index is 0.383. The molecule has 1 rings (SSSR count). The van der Waals surface area contributed by atoms with Crippen molar-refractivity contribution in [2.45, 2.75) is 46.2 Å². The Morgan fingerprint density at radius 2 is 2.23 bits per heavy atom. The third-order valence-electron chi connectivity index (χ3n) is 2.15. The van der Waals surface area contributed by atoms with E-state index in [1.807, 2.05) is 6.92 Å². The van der Waals surface area contributed by atoms with Crippen molar-refractivity contribution in [2.75, 3.05) is 0 Å². The van der Waals surface area contributed by atoms with Crippen LogP contribution in [0.1, 0.15) is 43.9 Å². The predicted octanol–water partition coefficient (Wildman–Crippen LogP) is 2.90. The summed E-state index contributed by atoms with van der Waals surface area (Å²) in [5, 5.41) is 6.80. The van der Waals surface area contributed by atoms with Gasteiger partial charge in [-0.1, -0.05) is 6.92 Å². The van der Waals surface area contributed by atoms with Gasteiger partial charge in [-0.05, 0) is 27.2 Å². The van der Waals surface area contributed by atoms with Crippen molar-refractivity contribution in [1.29, 1.82) is 0 Å². The maximum atomic E-state index is 4.45. The molecule has 0 aliphatic rings. The van der Waals surface area contributed by atoms with E-state index in [2.05, 4.69) is 36.5 Å². The van der Waals surface area contributed by atoms with E-state index in [-0.39, 0.29) is 0 Å². The Morgan fingerprint density at radius 3 is 2.69 bits per heavy atom. The fourth-order valence-electron chi connectivity index (χ4n) is 1.19. The molecule has 1 N–H and O–H groups in total. The average Bonchev–Trinajstić information content (AvgIpc) is 2.51. The molecule has 1 aromatic rings. The fraction of sp³-hybridized carbons (Fsp3) is 0.700. The van der Waals surface area contributed by atoms with Gasteiger partial charge in [0.05, 0.1) is 6.04 Å². The molecule has 0 radical (unpaired) electrons. The largest absolute Gasteiger partial charge is 0.306 e. The SMILES string of the molecule is CCC(C)NC(C)c1nc(C)cs1. The third kappa shape index (κ3) is 3.08. The highest BCUT2D eigenvalue weighted by Gasteiger charge is 2.10. The van der Waals surface area contributed by atoms with E-state index in [4.69, 9.17) is 0 Å². The molecule has 2 atom stereocenters. The predicted molar refractivity (Wildman–Crippen MR) is 58.2 cm³/mol. The van der Waals surface area contributed by atoms with Gasteiger partial charge in [0.15, 0.2) is 0 Å². The van der Waals surface area contributed by atoms with Crippen LogP contribution in [-0.2, 0) is 0 Å². The van der Waals surface area contributed by atoms with Crippen molar-refractivity contribution in [1.82, 2.24) is 10.3 Å². The Balaban J connectivity index is 2.53. The average molecular weight is 198 g/mol. The molecule has 0 fully saturated rings. The van der Waals surface area contributed by atoms with Gasteiger partial charge in [0.1, 0.15) is 5.01 Å². The van der Waals surface area contributed by atoms with Crippen LogP contribution in [0.2, 0.25) is 0 Å². The second-order valence-corrected chi connectivity index (χ2v) is 4.41. The number of hydrogen-bond acceptors (Lipinski definition) is 3. The summed E-state index contributed by atoms with van der Waals surface area (Å²) in [4.78, 5) is 4.45. The quantitative estimate of drug-likeness (QED) is 0.804. The van der Waals surface area contributed by atoms with Crippen LogP contribution in [0.15, 0.2) is 5.38 Å². The van der Waals surface area contributed by atoms with Gasteiger partial charge in [0.25, 0.3) is 0 Å². The third-order valence-corrected chi connectivity index (χ3v) is 3.30. The molecule has 2 nitrogen and oxygen atoms in total. The van der Waals surface area contributed by atoms with E-state index < -0.39 is 0 Å². The zero-order chi connectivity index (χ0) is 9.84. The zero-order valence-electron chi connectivity index (χ0n) is 8.79. The van der Waals surface area contributed by atoms with Gasteiger partial charge in [-0.3, -0.25) is 0 Å². The summed E-state index contributed by atoms with van der Waals surface area (Å²) in [5.74, 6) is 0. The minimum atomic E-state index is 0.383. The van der Waals surface area contributed by atoms with Crippen LogP contribution in [0, 0.1) is 6.92 Å². The molecule has 13 heavy (non-hydrogen) atoms. The molecule has 0 aliphatic heterocycles. The van der Waals surface area contributed by atoms with Crippen molar-refractivity contribution in [2.24, 2.45) is 0 Å². The molecule has 0 amide bonds. The molecule has 1 aromatic heterocycles. The van der Waals surface area contributed by atoms with Crippen molar-refractivity contribution >= 4 is 11.3 Å². The van der Waals surface area contributed by atoms with Crippen LogP contribution in [0.5, 0.6) is 0 Å². The van der Waals surface area contributed by atoms with Crippen molar-refractivity contribution in [3.05, 3.63) is 16.1 Å². The standard InChI is InChI=1S/C10H18N2S/c1-5-7(2)11-9(4)10-12-8(3)6-13-10/h6-7,9,11H,5H2,1-4H3. The van der Waals surface area contributed by atoms with E-state index in [0.29, 0.717) is 12.1 Å². The lowest BCUT2D eigenvalue weighted by molar-refractivity contribution is 0.468. The summed E-state index contributed by atoms with van der Waals surface area (Å²) >= 11 is 1.74. The van der Waals surface area contributed by atoms with Crippen molar-refractivity contribution in [3.63, 3.8) is 0 Å². The highest BCUT2D eigenvalue weighted by atomic mass is 32.1. The molecule has 0 aliphatic carbocycles. The maximum Gasteiger partial charge on any atom is 0.110 e.